The minimum Gasteiger partial charge on any atom is -0.497 e. The van der Waals surface area contributed by atoms with Gasteiger partial charge in [-0.1, -0.05) is 6.08 Å². The Bertz CT molecular complexity index is 817. The Hall–Kier alpha value is -2.73. The fourth-order valence-electron chi connectivity index (χ4n) is 3.87. The van der Waals surface area contributed by atoms with Crippen LogP contribution in [0.2, 0.25) is 0 Å². The molecule has 1 unspecified atom stereocenters. The quantitative estimate of drug-likeness (QED) is 0.636. The summed E-state index contributed by atoms with van der Waals surface area (Å²) < 4.78 is 15.9. The molecule has 6 nitrogen and oxygen atoms in total. The minimum absolute atomic E-state index is 0.0858. The summed E-state index contributed by atoms with van der Waals surface area (Å²) in [5.41, 5.74) is 0.943. The zero-order valence-electron chi connectivity index (χ0n) is 17.9. The topological polar surface area (TPSA) is 63.9 Å². The van der Waals surface area contributed by atoms with Crippen LogP contribution >= 0.6 is 0 Å². The molecule has 6 heteroatoms. The second-order valence-corrected chi connectivity index (χ2v) is 7.68. The number of benzene rings is 1. The number of piperidine rings is 1. The summed E-state index contributed by atoms with van der Waals surface area (Å²) in [4.78, 5) is 14.8. The summed E-state index contributed by atoms with van der Waals surface area (Å²) in [6, 6.07) is 9.48. The zero-order chi connectivity index (χ0) is 21.2. The van der Waals surface area contributed by atoms with E-state index in [9.17, 15) is 4.79 Å². The first kappa shape index (κ1) is 22.0. The Morgan fingerprint density at radius 2 is 2.20 bits per heavy atom. The summed E-state index contributed by atoms with van der Waals surface area (Å²) in [5, 5.41) is 3.02. The highest BCUT2D eigenvalue weighted by Crippen LogP contribution is 2.25. The van der Waals surface area contributed by atoms with Crippen molar-refractivity contribution in [1.29, 1.82) is 0 Å². The number of hydrogen-bond acceptors (Lipinski definition) is 5. The number of carbonyl (C=O) groups excluding carboxylic acids is 1. The Morgan fingerprint density at radius 1 is 1.30 bits per heavy atom. The molecule has 1 aromatic heterocycles. The minimum atomic E-state index is 0.0858. The molecule has 1 aromatic carbocycles. The fraction of sp³-hybridized carbons (Fsp3) is 0.458. The maximum Gasteiger partial charge on any atom is 0.220 e. The van der Waals surface area contributed by atoms with Gasteiger partial charge in [0, 0.05) is 37.7 Å². The van der Waals surface area contributed by atoms with E-state index in [1.54, 1.807) is 20.5 Å². The van der Waals surface area contributed by atoms with Crippen molar-refractivity contribution in [3.8, 4) is 11.5 Å². The number of ether oxygens (including phenoxy) is 2. The number of rotatable bonds is 10. The Balaban J connectivity index is 1.39. The lowest BCUT2D eigenvalue weighted by Gasteiger charge is -2.31. The smallest absolute Gasteiger partial charge is 0.220 e. The van der Waals surface area contributed by atoms with E-state index in [1.807, 2.05) is 36.4 Å². The van der Waals surface area contributed by atoms with Crippen molar-refractivity contribution in [3.63, 3.8) is 0 Å². The molecule has 30 heavy (non-hydrogen) atoms. The lowest BCUT2D eigenvalue weighted by atomic mass is 9.93. The number of methoxy groups -OCH3 is 2. The molecular formula is C24H32N2O4. The van der Waals surface area contributed by atoms with Crippen molar-refractivity contribution < 1.29 is 18.7 Å². The highest BCUT2D eigenvalue weighted by Gasteiger charge is 2.20. The molecule has 1 aliphatic rings. The van der Waals surface area contributed by atoms with Crippen molar-refractivity contribution in [1.82, 2.24) is 10.2 Å². The second kappa shape index (κ2) is 11.5. The van der Waals surface area contributed by atoms with Gasteiger partial charge in [-0.3, -0.25) is 9.69 Å². The first-order valence-electron chi connectivity index (χ1n) is 10.6. The highest BCUT2D eigenvalue weighted by atomic mass is 16.5. The van der Waals surface area contributed by atoms with Crippen LogP contribution in [0, 0.1) is 5.92 Å². The van der Waals surface area contributed by atoms with Gasteiger partial charge in [-0.2, -0.15) is 0 Å². The number of furan rings is 1. The second-order valence-electron chi connectivity index (χ2n) is 7.68. The van der Waals surface area contributed by atoms with Crippen LogP contribution in [-0.4, -0.2) is 44.7 Å². The largest absolute Gasteiger partial charge is 0.497 e. The van der Waals surface area contributed by atoms with E-state index in [0.717, 1.165) is 48.9 Å². The van der Waals surface area contributed by atoms with Crippen LogP contribution < -0.4 is 14.8 Å². The fourth-order valence-corrected chi connectivity index (χ4v) is 3.87. The van der Waals surface area contributed by atoms with Gasteiger partial charge in [0.1, 0.15) is 17.3 Å². The van der Waals surface area contributed by atoms with E-state index in [0.29, 0.717) is 18.9 Å². The molecule has 1 atom stereocenters. The van der Waals surface area contributed by atoms with Crippen LogP contribution in [0.4, 0.5) is 0 Å². The van der Waals surface area contributed by atoms with Gasteiger partial charge in [0.2, 0.25) is 5.91 Å². The molecule has 1 N–H and O–H groups in total. The average molecular weight is 413 g/mol. The molecule has 1 fully saturated rings. The van der Waals surface area contributed by atoms with Crippen LogP contribution in [0.15, 0.2) is 47.1 Å². The van der Waals surface area contributed by atoms with Gasteiger partial charge in [0.05, 0.1) is 20.5 Å². The van der Waals surface area contributed by atoms with Crippen LogP contribution in [0.3, 0.4) is 0 Å². The summed E-state index contributed by atoms with van der Waals surface area (Å²) in [6.07, 6.45) is 9.71. The predicted molar refractivity (Wildman–Crippen MR) is 118 cm³/mol. The number of likely N-dealkylation sites (tertiary alicyclic amines) is 1. The maximum absolute atomic E-state index is 12.4. The lowest BCUT2D eigenvalue weighted by Crippen LogP contribution is -2.36. The Morgan fingerprint density at radius 3 is 2.97 bits per heavy atom. The number of hydrogen-bond donors (Lipinski definition) is 1. The third-order valence-electron chi connectivity index (χ3n) is 5.54. The standard InChI is InChI=1S/C24H32N2O4/c1-28-22-11-10-20(23(16-22)29-2)17-25-24(27)12-9-19-6-3-13-26(18-19)14-4-7-21-8-5-15-30-21/h4-5,7-8,10-11,15-16,19H,3,6,9,12-14,17-18H2,1-2H3,(H,25,27)/b7-4+. The molecule has 0 aliphatic carbocycles. The zero-order valence-corrected chi connectivity index (χ0v) is 17.9. The van der Waals surface area contributed by atoms with E-state index in [-0.39, 0.29) is 5.91 Å². The molecule has 1 aliphatic heterocycles. The van der Waals surface area contributed by atoms with Crippen molar-refractivity contribution >= 4 is 12.0 Å². The van der Waals surface area contributed by atoms with Gasteiger partial charge in [0.15, 0.2) is 0 Å². The van der Waals surface area contributed by atoms with E-state index < -0.39 is 0 Å². The molecule has 0 saturated carbocycles. The Labute approximate surface area is 178 Å². The van der Waals surface area contributed by atoms with Crippen LogP contribution in [0.1, 0.15) is 37.0 Å². The molecule has 1 saturated heterocycles. The normalized spacial score (nSPS) is 17.2. The number of amides is 1. The number of nitrogens with zero attached hydrogens (tertiary/aromatic N) is 1. The van der Waals surface area contributed by atoms with Crippen molar-refractivity contribution in [2.24, 2.45) is 5.92 Å². The van der Waals surface area contributed by atoms with Crippen LogP contribution in [0.25, 0.3) is 6.08 Å². The van der Waals surface area contributed by atoms with Crippen molar-refractivity contribution in [3.05, 3.63) is 54.0 Å². The van der Waals surface area contributed by atoms with Gasteiger partial charge in [-0.15, -0.1) is 0 Å². The monoisotopic (exact) mass is 412 g/mol. The van der Waals surface area contributed by atoms with E-state index in [1.165, 1.54) is 12.8 Å². The number of carbonyl (C=O) groups is 1. The van der Waals surface area contributed by atoms with Crippen LogP contribution in [0.5, 0.6) is 11.5 Å². The predicted octanol–water partition coefficient (Wildman–Crippen LogP) is 4.12. The van der Waals surface area contributed by atoms with Gasteiger partial charge >= 0.3 is 0 Å². The first-order valence-corrected chi connectivity index (χ1v) is 10.6. The SMILES string of the molecule is COc1ccc(CNC(=O)CCC2CCCN(C/C=C/c3ccco3)C2)c(OC)c1. The molecule has 3 rings (SSSR count). The summed E-state index contributed by atoms with van der Waals surface area (Å²) in [5.74, 6) is 3.00. The average Bonchev–Trinajstić information content (AvgIpc) is 3.30. The van der Waals surface area contributed by atoms with E-state index in [2.05, 4.69) is 16.3 Å². The molecule has 2 heterocycles. The molecule has 0 radical (unpaired) electrons. The summed E-state index contributed by atoms with van der Waals surface area (Å²) in [6.45, 7) is 3.53. The summed E-state index contributed by atoms with van der Waals surface area (Å²) >= 11 is 0. The third kappa shape index (κ3) is 6.66. The molecule has 0 bridgehead atoms. The molecular weight excluding hydrogens is 380 g/mol. The van der Waals surface area contributed by atoms with Gasteiger partial charge in [0.25, 0.3) is 0 Å². The third-order valence-corrected chi connectivity index (χ3v) is 5.54. The molecule has 1 amide bonds. The Kier molecular flexibility index (Phi) is 8.39. The van der Waals surface area contributed by atoms with Crippen molar-refractivity contribution in [2.45, 2.75) is 32.2 Å². The van der Waals surface area contributed by atoms with Gasteiger partial charge < -0.3 is 19.2 Å². The lowest BCUT2D eigenvalue weighted by molar-refractivity contribution is -0.121. The van der Waals surface area contributed by atoms with Gasteiger partial charge in [-0.05, 0) is 62.1 Å². The van der Waals surface area contributed by atoms with Gasteiger partial charge in [-0.25, -0.2) is 0 Å². The molecule has 0 spiro atoms. The first-order chi connectivity index (χ1) is 14.7. The van der Waals surface area contributed by atoms with E-state index >= 15 is 0 Å². The highest BCUT2D eigenvalue weighted by molar-refractivity contribution is 5.75. The van der Waals surface area contributed by atoms with Crippen molar-refractivity contribution in [2.75, 3.05) is 33.9 Å². The number of nitrogens with one attached hydrogen (secondary N) is 1. The maximum atomic E-state index is 12.4. The molecule has 162 valence electrons. The summed E-state index contributed by atoms with van der Waals surface area (Å²) in [7, 11) is 3.25. The van der Waals surface area contributed by atoms with Crippen LogP contribution in [-0.2, 0) is 11.3 Å². The molecule has 2 aromatic rings. The van der Waals surface area contributed by atoms with E-state index in [4.69, 9.17) is 13.9 Å².